The molecule has 5 nitrogen and oxygen atoms in total. The topological polar surface area (TPSA) is 61.4 Å². The molecule has 1 aromatic rings. The van der Waals surface area contributed by atoms with E-state index in [2.05, 4.69) is 10.6 Å². The molecule has 1 heterocycles. The number of amides is 2. The molecule has 0 bridgehead atoms. The monoisotopic (exact) mass is 335 g/mol. The van der Waals surface area contributed by atoms with Crippen molar-refractivity contribution in [2.24, 2.45) is 5.92 Å². The normalized spacial score (nSPS) is 17.6. The van der Waals surface area contributed by atoms with Gasteiger partial charge in [0.05, 0.1) is 0 Å². The van der Waals surface area contributed by atoms with Gasteiger partial charge in [-0.15, -0.1) is 0 Å². The van der Waals surface area contributed by atoms with Gasteiger partial charge in [-0.2, -0.15) is 0 Å². The van der Waals surface area contributed by atoms with Crippen LogP contribution in [-0.2, 0) is 4.79 Å². The highest BCUT2D eigenvalue weighted by molar-refractivity contribution is 5.94. The fourth-order valence-electron chi connectivity index (χ4n) is 3.05. The van der Waals surface area contributed by atoms with E-state index in [9.17, 15) is 14.0 Å². The standard InChI is InChI=1S/C18H26FN3O2/c1-20-12-14-4-3-11-22(13-14)17(23)5-2-10-21-18(24)15-6-8-16(19)9-7-15/h6-9,14,20H,2-5,10-13H2,1H3,(H,21,24). The number of nitrogens with one attached hydrogen (secondary N) is 2. The lowest BCUT2D eigenvalue weighted by Crippen LogP contribution is -2.42. The summed E-state index contributed by atoms with van der Waals surface area (Å²) < 4.78 is 12.8. The highest BCUT2D eigenvalue weighted by Gasteiger charge is 2.22. The minimum Gasteiger partial charge on any atom is -0.352 e. The van der Waals surface area contributed by atoms with Crippen molar-refractivity contribution in [3.05, 3.63) is 35.6 Å². The predicted octanol–water partition coefficient (Wildman–Crippen LogP) is 1.79. The number of benzene rings is 1. The number of carbonyl (C=O) groups excluding carboxylic acids is 2. The zero-order valence-corrected chi connectivity index (χ0v) is 14.2. The van der Waals surface area contributed by atoms with Gasteiger partial charge in [0.25, 0.3) is 5.91 Å². The fourth-order valence-corrected chi connectivity index (χ4v) is 3.05. The lowest BCUT2D eigenvalue weighted by molar-refractivity contribution is -0.133. The highest BCUT2D eigenvalue weighted by Crippen LogP contribution is 2.16. The third-order valence-electron chi connectivity index (χ3n) is 4.32. The van der Waals surface area contributed by atoms with Crippen LogP contribution in [0, 0.1) is 11.7 Å². The number of halogens is 1. The summed E-state index contributed by atoms with van der Waals surface area (Å²) in [6.45, 7) is 3.04. The summed E-state index contributed by atoms with van der Waals surface area (Å²) in [6.07, 6.45) is 3.27. The zero-order chi connectivity index (χ0) is 17.4. The number of hydrogen-bond acceptors (Lipinski definition) is 3. The Morgan fingerprint density at radius 3 is 2.75 bits per heavy atom. The molecule has 1 aliphatic heterocycles. The maximum absolute atomic E-state index is 12.8. The van der Waals surface area contributed by atoms with E-state index in [1.54, 1.807) is 0 Å². The number of nitrogens with zero attached hydrogens (tertiary/aromatic N) is 1. The Hall–Kier alpha value is -1.95. The highest BCUT2D eigenvalue weighted by atomic mass is 19.1. The van der Waals surface area contributed by atoms with Crippen molar-refractivity contribution in [2.75, 3.05) is 33.2 Å². The molecule has 1 saturated heterocycles. The summed E-state index contributed by atoms with van der Waals surface area (Å²) in [4.78, 5) is 26.1. The van der Waals surface area contributed by atoms with Crippen LogP contribution in [0.2, 0.25) is 0 Å². The average Bonchev–Trinajstić information content (AvgIpc) is 2.59. The molecule has 0 aliphatic carbocycles. The largest absolute Gasteiger partial charge is 0.352 e. The molecular weight excluding hydrogens is 309 g/mol. The molecule has 0 spiro atoms. The first-order valence-corrected chi connectivity index (χ1v) is 8.56. The molecule has 0 radical (unpaired) electrons. The van der Waals surface area contributed by atoms with E-state index in [0.717, 1.165) is 26.1 Å². The lowest BCUT2D eigenvalue weighted by atomic mass is 9.97. The summed E-state index contributed by atoms with van der Waals surface area (Å²) in [5.41, 5.74) is 0.425. The Bertz CT molecular complexity index is 546. The molecular formula is C18H26FN3O2. The third-order valence-corrected chi connectivity index (χ3v) is 4.32. The molecule has 2 rings (SSSR count). The zero-order valence-electron chi connectivity index (χ0n) is 14.2. The molecule has 1 fully saturated rings. The second kappa shape index (κ2) is 9.37. The van der Waals surface area contributed by atoms with Gasteiger partial charge in [0.2, 0.25) is 5.91 Å². The molecule has 0 aromatic heterocycles. The van der Waals surface area contributed by atoms with Gasteiger partial charge >= 0.3 is 0 Å². The smallest absolute Gasteiger partial charge is 0.251 e. The average molecular weight is 335 g/mol. The first-order valence-electron chi connectivity index (χ1n) is 8.56. The molecule has 1 aromatic carbocycles. The first-order chi connectivity index (χ1) is 11.6. The quantitative estimate of drug-likeness (QED) is 0.747. The number of likely N-dealkylation sites (tertiary alicyclic amines) is 1. The maximum Gasteiger partial charge on any atom is 0.251 e. The summed E-state index contributed by atoms with van der Waals surface area (Å²) >= 11 is 0. The van der Waals surface area contributed by atoms with Crippen molar-refractivity contribution in [2.45, 2.75) is 25.7 Å². The van der Waals surface area contributed by atoms with Crippen molar-refractivity contribution in [1.82, 2.24) is 15.5 Å². The van der Waals surface area contributed by atoms with Gasteiger partial charge in [-0.3, -0.25) is 9.59 Å². The lowest BCUT2D eigenvalue weighted by Gasteiger charge is -2.32. The van der Waals surface area contributed by atoms with Gasteiger partial charge in [-0.1, -0.05) is 0 Å². The molecule has 132 valence electrons. The van der Waals surface area contributed by atoms with Gasteiger partial charge < -0.3 is 15.5 Å². The third kappa shape index (κ3) is 5.60. The molecule has 1 aliphatic rings. The first kappa shape index (κ1) is 18.4. The molecule has 2 amide bonds. The van der Waals surface area contributed by atoms with E-state index in [1.165, 1.54) is 30.7 Å². The van der Waals surface area contributed by atoms with Gasteiger partial charge in [0.15, 0.2) is 0 Å². The Balaban J connectivity index is 1.67. The van der Waals surface area contributed by atoms with Crippen LogP contribution in [0.15, 0.2) is 24.3 Å². The molecule has 0 saturated carbocycles. The van der Waals surface area contributed by atoms with Gasteiger partial charge in [-0.05, 0) is 63.0 Å². The number of piperidine rings is 1. The Kier molecular flexibility index (Phi) is 7.18. The molecule has 1 unspecified atom stereocenters. The van der Waals surface area contributed by atoms with E-state index < -0.39 is 0 Å². The number of hydrogen-bond donors (Lipinski definition) is 2. The van der Waals surface area contributed by atoms with E-state index in [-0.39, 0.29) is 17.6 Å². The van der Waals surface area contributed by atoms with Crippen LogP contribution in [0.3, 0.4) is 0 Å². The van der Waals surface area contributed by atoms with Gasteiger partial charge in [-0.25, -0.2) is 4.39 Å². The Labute approximate surface area is 142 Å². The molecule has 6 heteroatoms. The second-order valence-corrected chi connectivity index (χ2v) is 6.27. The number of carbonyl (C=O) groups is 2. The van der Waals surface area contributed by atoms with Gasteiger partial charge in [0, 0.05) is 31.6 Å². The molecule has 2 N–H and O–H groups in total. The van der Waals surface area contributed by atoms with Crippen LogP contribution in [0.1, 0.15) is 36.0 Å². The van der Waals surface area contributed by atoms with Crippen molar-refractivity contribution >= 4 is 11.8 Å². The van der Waals surface area contributed by atoms with E-state index in [4.69, 9.17) is 0 Å². The summed E-state index contributed by atoms with van der Waals surface area (Å²) in [7, 11) is 1.94. The summed E-state index contributed by atoms with van der Waals surface area (Å²) in [5.74, 6) is 0.0856. The van der Waals surface area contributed by atoms with Crippen LogP contribution in [0.4, 0.5) is 4.39 Å². The number of rotatable bonds is 7. The minimum atomic E-state index is -0.366. The van der Waals surface area contributed by atoms with Crippen molar-refractivity contribution in [1.29, 1.82) is 0 Å². The van der Waals surface area contributed by atoms with E-state index >= 15 is 0 Å². The van der Waals surface area contributed by atoms with Crippen LogP contribution >= 0.6 is 0 Å². The Morgan fingerprint density at radius 2 is 2.04 bits per heavy atom. The van der Waals surface area contributed by atoms with E-state index in [0.29, 0.717) is 30.9 Å². The molecule has 24 heavy (non-hydrogen) atoms. The summed E-state index contributed by atoms with van der Waals surface area (Å²) in [6, 6.07) is 5.42. The second-order valence-electron chi connectivity index (χ2n) is 6.27. The minimum absolute atomic E-state index is 0.159. The van der Waals surface area contributed by atoms with Crippen LogP contribution < -0.4 is 10.6 Å². The predicted molar refractivity (Wildman–Crippen MR) is 91.2 cm³/mol. The SMILES string of the molecule is CNCC1CCCN(C(=O)CCCNC(=O)c2ccc(F)cc2)C1. The van der Waals surface area contributed by atoms with E-state index in [1.807, 2.05) is 11.9 Å². The van der Waals surface area contributed by atoms with Crippen LogP contribution in [-0.4, -0.2) is 49.9 Å². The fraction of sp³-hybridized carbons (Fsp3) is 0.556. The summed E-state index contributed by atoms with van der Waals surface area (Å²) in [5, 5.41) is 5.94. The van der Waals surface area contributed by atoms with Gasteiger partial charge in [0.1, 0.15) is 5.82 Å². The van der Waals surface area contributed by atoms with Crippen molar-refractivity contribution < 1.29 is 14.0 Å². The van der Waals surface area contributed by atoms with Crippen molar-refractivity contribution in [3.8, 4) is 0 Å². The maximum atomic E-state index is 12.8. The van der Waals surface area contributed by atoms with Crippen LogP contribution in [0.25, 0.3) is 0 Å². The Morgan fingerprint density at radius 1 is 1.29 bits per heavy atom. The molecule has 1 atom stereocenters. The van der Waals surface area contributed by atoms with Crippen molar-refractivity contribution in [3.63, 3.8) is 0 Å². The van der Waals surface area contributed by atoms with Crippen LogP contribution in [0.5, 0.6) is 0 Å².